The number of nitrogens with one attached hydrogen (secondary N) is 3. The smallest absolute Gasteiger partial charge is 0.302 e. The number of allylic oxidation sites excluding steroid dienone is 5. The van der Waals surface area contributed by atoms with Crippen molar-refractivity contribution in [2.75, 3.05) is 10.6 Å². The van der Waals surface area contributed by atoms with Crippen molar-refractivity contribution in [2.45, 2.75) is 19.4 Å². The van der Waals surface area contributed by atoms with E-state index < -0.39 is 6.04 Å². The molecule has 0 saturated heterocycles. The molecule has 3 aromatic rings. The second-order valence-electron chi connectivity index (χ2n) is 7.81. The van der Waals surface area contributed by atoms with Gasteiger partial charge in [0.25, 0.3) is 5.91 Å². The molecule has 1 aliphatic carbocycles. The van der Waals surface area contributed by atoms with E-state index in [-0.39, 0.29) is 5.91 Å². The Balaban J connectivity index is 1.49. The van der Waals surface area contributed by atoms with Crippen LogP contribution in [0, 0.1) is 0 Å². The summed E-state index contributed by atoms with van der Waals surface area (Å²) in [7, 11) is 0. The highest BCUT2D eigenvalue weighted by molar-refractivity contribution is 9.12. The van der Waals surface area contributed by atoms with Crippen LogP contribution in [0.5, 0.6) is 0 Å². The van der Waals surface area contributed by atoms with Crippen LogP contribution in [0.25, 0.3) is 11.1 Å². The van der Waals surface area contributed by atoms with Crippen molar-refractivity contribution < 1.29 is 9.21 Å². The zero-order chi connectivity index (χ0) is 23.5. The molecule has 1 aromatic heterocycles. The standard InChI is InChI=1S/C26H22BrN5O2/c1-16-22(24(33)29-17-10-4-2-5-11-17)23(18-12-6-3-7-13-19(18)27)31-25(28-16)32-26-30-20-14-8-9-15-21(20)34-26/h2-5,7-15,23H,6H2,1H3,(H,29,33)(H2,28,30,31,32). The first-order chi connectivity index (χ1) is 16.6. The first-order valence-corrected chi connectivity index (χ1v) is 11.6. The molecule has 3 N–H and O–H groups in total. The van der Waals surface area contributed by atoms with Crippen molar-refractivity contribution in [2.24, 2.45) is 4.99 Å². The van der Waals surface area contributed by atoms with Gasteiger partial charge in [0.05, 0.1) is 5.57 Å². The summed E-state index contributed by atoms with van der Waals surface area (Å²) in [5, 5.41) is 9.32. The van der Waals surface area contributed by atoms with Crippen molar-refractivity contribution >= 4 is 50.6 Å². The maximum absolute atomic E-state index is 13.4. The van der Waals surface area contributed by atoms with Crippen molar-refractivity contribution in [3.05, 3.63) is 100 Å². The molecule has 8 heteroatoms. The van der Waals surface area contributed by atoms with E-state index in [1.165, 1.54) is 0 Å². The predicted octanol–water partition coefficient (Wildman–Crippen LogP) is 5.65. The average molecular weight is 516 g/mol. The number of aromatic nitrogens is 1. The molecule has 0 spiro atoms. The summed E-state index contributed by atoms with van der Waals surface area (Å²) in [6, 6.07) is 16.7. The third-order valence-electron chi connectivity index (χ3n) is 5.46. The summed E-state index contributed by atoms with van der Waals surface area (Å²) < 4.78 is 6.67. The van der Waals surface area contributed by atoms with E-state index in [4.69, 9.17) is 9.41 Å². The van der Waals surface area contributed by atoms with Crippen LogP contribution in [0.1, 0.15) is 13.3 Å². The van der Waals surface area contributed by atoms with Gasteiger partial charge in [-0.15, -0.1) is 0 Å². The number of amides is 1. The van der Waals surface area contributed by atoms with Gasteiger partial charge in [0.15, 0.2) is 5.58 Å². The third kappa shape index (κ3) is 4.58. The molecular weight excluding hydrogens is 494 g/mol. The molecule has 1 atom stereocenters. The number of halogens is 1. The lowest BCUT2D eigenvalue weighted by Crippen LogP contribution is -2.40. The Labute approximate surface area is 205 Å². The van der Waals surface area contributed by atoms with E-state index in [0.717, 1.165) is 27.7 Å². The number of guanidine groups is 1. The Kier molecular flexibility index (Phi) is 6.14. The number of carbonyl (C=O) groups excluding carboxylic acids is 1. The molecule has 1 unspecified atom stereocenters. The largest absolute Gasteiger partial charge is 0.423 e. The molecule has 0 radical (unpaired) electrons. The van der Waals surface area contributed by atoms with Crippen molar-refractivity contribution in [1.29, 1.82) is 0 Å². The van der Waals surface area contributed by atoms with E-state index in [1.54, 1.807) is 0 Å². The Hall–Kier alpha value is -3.91. The SMILES string of the molecule is CC1=C(C(=O)Nc2ccccc2)C(C2=CCC=CC=C2Br)N=C(Nc2nc3ccccc3o2)N1. The van der Waals surface area contributed by atoms with Crippen LogP contribution in [-0.2, 0) is 4.79 Å². The summed E-state index contributed by atoms with van der Waals surface area (Å²) in [5.74, 6) is 0.230. The third-order valence-corrected chi connectivity index (χ3v) is 6.18. The number of fused-ring (bicyclic) bond motifs is 1. The molecule has 2 aliphatic rings. The first kappa shape index (κ1) is 21.9. The van der Waals surface area contributed by atoms with E-state index in [9.17, 15) is 4.79 Å². The maximum Gasteiger partial charge on any atom is 0.302 e. The zero-order valence-corrected chi connectivity index (χ0v) is 20.0. The highest BCUT2D eigenvalue weighted by Gasteiger charge is 2.32. The summed E-state index contributed by atoms with van der Waals surface area (Å²) >= 11 is 3.66. The number of rotatable bonds is 4. The number of oxazole rings is 1. The lowest BCUT2D eigenvalue weighted by molar-refractivity contribution is -0.113. The number of nitrogens with zero attached hydrogens (tertiary/aromatic N) is 2. The quantitative estimate of drug-likeness (QED) is 0.417. The second kappa shape index (κ2) is 9.52. The number of hydrogen-bond donors (Lipinski definition) is 3. The van der Waals surface area contributed by atoms with Crippen LogP contribution in [0.4, 0.5) is 11.7 Å². The minimum Gasteiger partial charge on any atom is -0.423 e. The van der Waals surface area contributed by atoms with Gasteiger partial charge in [-0.2, -0.15) is 4.98 Å². The van der Waals surface area contributed by atoms with Crippen LogP contribution < -0.4 is 16.0 Å². The molecule has 34 heavy (non-hydrogen) atoms. The molecule has 0 saturated carbocycles. The minimum absolute atomic E-state index is 0.218. The number of aliphatic imine (C=N–C) groups is 1. The molecule has 7 nitrogen and oxygen atoms in total. The fraction of sp³-hybridized carbons (Fsp3) is 0.115. The zero-order valence-electron chi connectivity index (χ0n) is 18.4. The van der Waals surface area contributed by atoms with Gasteiger partial charge >= 0.3 is 6.01 Å². The minimum atomic E-state index is -0.539. The Morgan fingerprint density at radius 3 is 2.76 bits per heavy atom. The molecule has 170 valence electrons. The summed E-state index contributed by atoms with van der Waals surface area (Å²) in [6.45, 7) is 1.86. The number of benzene rings is 2. The molecule has 0 bridgehead atoms. The second-order valence-corrected chi connectivity index (χ2v) is 8.67. The molecular formula is C26H22BrN5O2. The number of para-hydroxylation sites is 3. The summed E-state index contributed by atoms with van der Waals surface area (Å²) in [4.78, 5) is 22.7. The molecule has 0 fully saturated rings. The van der Waals surface area contributed by atoms with Crippen molar-refractivity contribution in [3.8, 4) is 0 Å². The van der Waals surface area contributed by atoms with Gasteiger partial charge in [0, 0.05) is 15.9 Å². The van der Waals surface area contributed by atoms with Crippen LogP contribution in [-0.4, -0.2) is 22.9 Å². The van der Waals surface area contributed by atoms with Gasteiger partial charge in [-0.25, -0.2) is 4.99 Å². The van der Waals surface area contributed by atoms with E-state index in [2.05, 4.69) is 49.0 Å². The Morgan fingerprint density at radius 2 is 1.94 bits per heavy atom. The van der Waals surface area contributed by atoms with Crippen molar-refractivity contribution in [3.63, 3.8) is 0 Å². The fourth-order valence-electron chi connectivity index (χ4n) is 3.87. The Morgan fingerprint density at radius 1 is 1.15 bits per heavy atom. The van der Waals surface area contributed by atoms with Gasteiger partial charge in [0.1, 0.15) is 11.6 Å². The van der Waals surface area contributed by atoms with Gasteiger partial charge in [-0.1, -0.05) is 64.5 Å². The topological polar surface area (TPSA) is 91.5 Å². The summed E-state index contributed by atoms with van der Waals surface area (Å²) in [5.41, 5.74) is 4.27. The molecule has 2 aromatic carbocycles. The predicted molar refractivity (Wildman–Crippen MR) is 139 cm³/mol. The fourth-order valence-corrected chi connectivity index (χ4v) is 4.40. The monoisotopic (exact) mass is 515 g/mol. The van der Waals surface area contributed by atoms with Gasteiger partial charge in [0.2, 0.25) is 5.96 Å². The van der Waals surface area contributed by atoms with Crippen LogP contribution in [0.3, 0.4) is 0 Å². The number of anilines is 2. The number of hydrogen-bond acceptors (Lipinski definition) is 6. The van der Waals surface area contributed by atoms with Crippen LogP contribution in [0.15, 0.2) is 110 Å². The average Bonchev–Trinajstić information content (AvgIpc) is 3.11. The lowest BCUT2D eigenvalue weighted by Gasteiger charge is -2.28. The van der Waals surface area contributed by atoms with E-state index >= 15 is 0 Å². The summed E-state index contributed by atoms with van der Waals surface area (Å²) in [6.07, 6.45) is 8.81. The van der Waals surface area contributed by atoms with Crippen LogP contribution >= 0.6 is 15.9 Å². The van der Waals surface area contributed by atoms with Gasteiger partial charge in [-0.05, 0) is 49.3 Å². The first-order valence-electron chi connectivity index (χ1n) is 10.9. The van der Waals surface area contributed by atoms with Crippen molar-refractivity contribution in [1.82, 2.24) is 10.3 Å². The normalized spacial score (nSPS) is 17.9. The highest BCUT2D eigenvalue weighted by atomic mass is 79.9. The molecule has 2 heterocycles. The Bertz CT molecular complexity index is 1370. The molecule has 1 amide bonds. The number of carbonyl (C=O) groups is 1. The van der Waals surface area contributed by atoms with E-state index in [0.29, 0.717) is 28.8 Å². The van der Waals surface area contributed by atoms with Gasteiger partial charge < -0.3 is 15.1 Å². The lowest BCUT2D eigenvalue weighted by atomic mass is 9.94. The van der Waals surface area contributed by atoms with Crippen LogP contribution in [0.2, 0.25) is 0 Å². The molecule has 5 rings (SSSR count). The van der Waals surface area contributed by atoms with Gasteiger partial charge in [-0.3, -0.25) is 10.1 Å². The maximum atomic E-state index is 13.4. The van der Waals surface area contributed by atoms with E-state index in [1.807, 2.05) is 73.7 Å². The highest BCUT2D eigenvalue weighted by Crippen LogP contribution is 2.32. The molecule has 1 aliphatic heterocycles.